The lowest BCUT2D eigenvalue weighted by Crippen LogP contribution is -2.30. The molecule has 0 aromatic carbocycles. The Bertz CT molecular complexity index is 121. The molecular formula is C10H23ClO2Si. The van der Waals surface area contributed by atoms with Crippen LogP contribution in [0, 0.1) is 0 Å². The van der Waals surface area contributed by atoms with Crippen LogP contribution in [0.25, 0.3) is 0 Å². The van der Waals surface area contributed by atoms with E-state index in [0.29, 0.717) is 0 Å². The lowest BCUT2D eigenvalue weighted by molar-refractivity contribution is -0.134. The molecule has 0 aliphatic heterocycles. The molecule has 86 valence electrons. The standard InChI is InChI=1S/C10H23ClO2Si/c1-8(2)12-10(13-9(3)4)14-7-5-6-11/h8-10H,5-7,14H2,1-4H3. The molecule has 0 saturated carbocycles. The average Bonchev–Trinajstić information content (AvgIpc) is 2.02. The molecule has 0 amide bonds. The summed E-state index contributed by atoms with van der Waals surface area (Å²) in [5, 5.41) is 0. The predicted octanol–water partition coefficient (Wildman–Crippen LogP) is 2.34. The molecule has 0 unspecified atom stereocenters. The van der Waals surface area contributed by atoms with E-state index in [2.05, 4.69) is 0 Å². The summed E-state index contributed by atoms with van der Waals surface area (Å²) < 4.78 is 11.4. The molecule has 4 heteroatoms. The van der Waals surface area contributed by atoms with Gasteiger partial charge in [-0.15, -0.1) is 11.6 Å². The van der Waals surface area contributed by atoms with Crippen LogP contribution in [-0.4, -0.2) is 33.5 Å². The van der Waals surface area contributed by atoms with Crippen molar-refractivity contribution in [2.24, 2.45) is 0 Å². The van der Waals surface area contributed by atoms with Gasteiger partial charge in [-0.1, -0.05) is 6.04 Å². The zero-order chi connectivity index (χ0) is 11.0. The van der Waals surface area contributed by atoms with E-state index in [0.717, 1.165) is 12.3 Å². The van der Waals surface area contributed by atoms with Crippen molar-refractivity contribution in [3.63, 3.8) is 0 Å². The monoisotopic (exact) mass is 238 g/mol. The zero-order valence-corrected chi connectivity index (χ0v) is 11.9. The fourth-order valence-electron chi connectivity index (χ4n) is 1.18. The molecule has 0 spiro atoms. The van der Waals surface area contributed by atoms with Gasteiger partial charge < -0.3 is 9.47 Å². The Morgan fingerprint density at radius 1 is 1.07 bits per heavy atom. The predicted molar refractivity (Wildman–Crippen MR) is 64.9 cm³/mol. The maximum atomic E-state index is 5.70. The van der Waals surface area contributed by atoms with E-state index in [4.69, 9.17) is 21.1 Å². The Morgan fingerprint density at radius 2 is 1.57 bits per heavy atom. The molecule has 14 heavy (non-hydrogen) atoms. The van der Waals surface area contributed by atoms with Gasteiger partial charge in [-0.3, -0.25) is 0 Å². The molecule has 0 fully saturated rings. The maximum absolute atomic E-state index is 5.70. The minimum atomic E-state index is -0.300. The van der Waals surface area contributed by atoms with E-state index in [9.17, 15) is 0 Å². The van der Waals surface area contributed by atoms with Gasteiger partial charge in [0.1, 0.15) is 5.91 Å². The second-order valence-electron chi connectivity index (χ2n) is 3.98. The van der Waals surface area contributed by atoms with Crippen LogP contribution in [0.4, 0.5) is 0 Å². The first-order chi connectivity index (χ1) is 6.56. The van der Waals surface area contributed by atoms with Crippen molar-refractivity contribution in [2.45, 2.75) is 58.3 Å². The molecule has 0 heterocycles. The first-order valence-corrected chi connectivity index (χ1v) is 7.78. The molecular weight excluding hydrogens is 216 g/mol. The van der Waals surface area contributed by atoms with Crippen molar-refractivity contribution in [3.05, 3.63) is 0 Å². The third-order valence-corrected chi connectivity index (χ3v) is 3.70. The minimum Gasteiger partial charge on any atom is -0.354 e. The molecule has 0 aliphatic rings. The van der Waals surface area contributed by atoms with Crippen molar-refractivity contribution in [2.75, 3.05) is 5.88 Å². The highest BCUT2D eigenvalue weighted by Gasteiger charge is 2.13. The largest absolute Gasteiger partial charge is 0.354 e. The average molecular weight is 239 g/mol. The Morgan fingerprint density at radius 3 is 1.93 bits per heavy atom. The van der Waals surface area contributed by atoms with Crippen LogP contribution in [0.3, 0.4) is 0 Å². The Kier molecular flexibility index (Phi) is 8.98. The quantitative estimate of drug-likeness (QED) is 0.280. The maximum Gasteiger partial charge on any atom is 0.135 e. The van der Waals surface area contributed by atoms with Gasteiger partial charge in [0.15, 0.2) is 0 Å². The van der Waals surface area contributed by atoms with Crippen molar-refractivity contribution >= 4 is 21.1 Å². The minimum absolute atomic E-state index is 0.0678. The highest BCUT2D eigenvalue weighted by molar-refractivity contribution is 6.36. The Labute approximate surface area is 95.1 Å². The Hall–Kier alpha value is 0.427. The summed E-state index contributed by atoms with van der Waals surface area (Å²) in [6.07, 6.45) is 1.59. The number of hydrogen-bond acceptors (Lipinski definition) is 2. The first-order valence-electron chi connectivity index (χ1n) is 5.43. The SMILES string of the molecule is CC(C)OC(OC(C)C)[SiH2]CCCCl. The first kappa shape index (κ1) is 14.4. The summed E-state index contributed by atoms with van der Waals surface area (Å²) in [6, 6.07) is 1.20. The lowest BCUT2D eigenvalue weighted by Gasteiger charge is -2.22. The molecule has 0 saturated heterocycles. The lowest BCUT2D eigenvalue weighted by atomic mass is 10.5. The van der Waals surface area contributed by atoms with E-state index in [1.165, 1.54) is 6.04 Å². The summed E-state index contributed by atoms with van der Waals surface area (Å²) in [7, 11) is -0.300. The van der Waals surface area contributed by atoms with E-state index in [1.807, 2.05) is 27.7 Å². The highest BCUT2D eigenvalue weighted by atomic mass is 35.5. The van der Waals surface area contributed by atoms with Crippen LogP contribution in [0.15, 0.2) is 0 Å². The number of hydrogen-bond donors (Lipinski definition) is 0. The summed E-state index contributed by atoms with van der Waals surface area (Å²) in [6.45, 7) is 8.19. The van der Waals surface area contributed by atoms with E-state index in [-0.39, 0.29) is 27.6 Å². The van der Waals surface area contributed by atoms with Gasteiger partial charge in [-0.05, 0) is 34.1 Å². The highest BCUT2D eigenvalue weighted by Crippen LogP contribution is 2.05. The number of ether oxygens (including phenoxy) is 2. The summed E-state index contributed by atoms with van der Waals surface area (Å²) >= 11 is 5.64. The molecule has 0 aromatic rings. The summed E-state index contributed by atoms with van der Waals surface area (Å²) in [5.74, 6) is 0.821. The number of rotatable bonds is 8. The smallest absolute Gasteiger partial charge is 0.135 e. The summed E-state index contributed by atoms with van der Waals surface area (Å²) in [5.41, 5.74) is 0. The van der Waals surface area contributed by atoms with Crippen LogP contribution in [0.5, 0.6) is 0 Å². The van der Waals surface area contributed by atoms with Crippen LogP contribution >= 0.6 is 11.6 Å². The van der Waals surface area contributed by atoms with Crippen LogP contribution in [0.2, 0.25) is 6.04 Å². The second kappa shape index (κ2) is 8.71. The van der Waals surface area contributed by atoms with Crippen molar-refractivity contribution < 1.29 is 9.47 Å². The topological polar surface area (TPSA) is 18.5 Å². The number of alkyl halides is 1. The molecule has 0 N–H and O–H groups in total. The molecule has 0 aromatic heterocycles. The fraction of sp³-hybridized carbons (Fsp3) is 1.00. The van der Waals surface area contributed by atoms with Gasteiger partial charge in [-0.25, -0.2) is 0 Å². The van der Waals surface area contributed by atoms with Crippen molar-refractivity contribution in [3.8, 4) is 0 Å². The summed E-state index contributed by atoms with van der Waals surface area (Å²) in [4.78, 5) is 0. The molecule has 0 aliphatic carbocycles. The van der Waals surface area contributed by atoms with Gasteiger partial charge in [0.2, 0.25) is 0 Å². The van der Waals surface area contributed by atoms with Crippen LogP contribution in [0.1, 0.15) is 34.1 Å². The molecule has 0 atom stereocenters. The van der Waals surface area contributed by atoms with Crippen LogP contribution in [-0.2, 0) is 9.47 Å². The van der Waals surface area contributed by atoms with Gasteiger partial charge in [0.05, 0.1) is 21.7 Å². The van der Waals surface area contributed by atoms with Crippen LogP contribution < -0.4 is 0 Å². The molecule has 0 bridgehead atoms. The molecule has 0 radical (unpaired) electrons. The zero-order valence-electron chi connectivity index (χ0n) is 9.75. The van der Waals surface area contributed by atoms with E-state index >= 15 is 0 Å². The van der Waals surface area contributed by atoms with Gasteiger partial charge in [0.25, 0.3) is 0 Å². The third kappa shape index (κ3) is 9.00. The second-order valence-corrected chi connectivity index (χ2v) is 6.31. The van der Waals surface area contributed by atoms with Gasteiger partial charge in [0, 0.05) is 5.88 Å². The third-order valence-electron chi connectivity index (χ3n) is 1.67. The fourth-order valence-corrected chi connectivity index (χ4v) is 3.60. The van der Waals surface area contributed by atoms with Gasteiger partial charge in [-0.2, -0.15) is 0 Å². The normalized spacial score (nSPS) is 12.9. The molecule has 2 nitrogen and oxygen atoms in total. The van der Waals surface area contributed by atoms with Gasteiger partial charge >= 0.3 is 0 Å². The van der Waals surface area contributed by atoms with E-state index in [1.54, 1.807) is 0 Å². The number of halogens is 1. The van der Waals surface area contributed by atoms with Crippen molar-refractivity contribution in [1.82, 2.24) is 0 Å². The molecule has 0 rings (SSSR count). The van der Waals surface area contributed by atoms with Crippen molar-refractivity contribution in [1.29, 1.82) is 0 Å². The Balaban J connectivity index is 3.72. The van der Waals surface area contributed by atoms with E-state index < -0.39 is 0 Å².